The number of aryl methyl sites for hydroxylation is 2. The van der Waals surface area contributed by atoms with Gasteiger partial charge in [-0.25, -0.2) is 4.79 Å². The molecule has 1 atom stereocenters. The minimum atomic E-state index is -0.199. The smallest absolute Gasteiger partial charge is 0.319 e. The van der Waals surface area contributed by atoms with Crippen LogP contribution in [0.2, 0.25) is 0 Å². The number of rotatable bonds is 3. The standard InChI is InChI=1S/C20H20N4O2/c1-13-21-19(24-26-13)15-9-11-16(12-10-15)22-20(25)23-18-8-4-6-14-5-2-3-7-17(14)18/h2-3,5,7,9-12,18H,4,6,8H2,1H3,(H2,22,23,25)/t18-/m0/s1. The van der Waals surface area contributed by atoms with E-state index in [4.69, 9.17) is 4.52 Å². The molecule has 6 heteroatoms. The normalized spacial score (nSPS) is 16.0. The molecule has 0 aliphatic heterocycles. The van der Waals surface area contributed by atoms with Crippen LogP contribution in [0.1, 0.15) is 35.9 Å². The van der Waals surface area contributed by atoms with Crippen molar-refractivity contribution < 1.29 is 9.32 Å². The third-order valence-corrected chi connectivity index (χ3v) is 4.60. The van der Waals surface area contributed by atoms with Gasteiger partial charge in [0, 0.05) is 18.2 Å². The maximum Gasteiger partial charge on any atom is 0.319 e. The topological polar surface area (TPSA) is 80.0 Å². The van der Waals surface area contributed by atoms with E-state index in [1.165, 1.54) is 11.1 Å². The molecule has 1 aliphatic carbocycles. The average Bonchev–Trinajstić information content (AvgIpc) is 3.09. The van der Waals surface area contributed by atoms with Crippen LogP contribution < -0.4 is 10.6 Å². The second kappa shape index (κ2) is 7.00. The Kier molecular flexibility index (Phi) is 4.39. The molecule has 132 valence electrons. The van der Waals surface area contributed by atoms with E-state index in [-0.39, 0.29) is 12.1 Å². The van der Waals surface area contributed by atoms with Crippen LogP contribution in [0.4, 0.5) is 10.5 Å². The number of carbonyl (C=O) groups is 1. The first kappa shape index (κ1) is 16.3. The summed E-state index contributed by atoms with van der Waals surface area (Å²) in [6, 6.07) is 15.5. The molecule has 1 aromatic heterocycles. The van der Waals surface area contributed by atoms with E-state index in [0.717, 1.165) is 30.5 Å². The Hall–Kier alpha value is -3.15. The summed E-state index contributed by atoms with van der Waals surface area (Å²) in [5.74, 6) is 1.06. The fourth-order valence-corrected chi connectivity index (χ4v) is 3.35. The van der Waals surface area contributed by atoms with Crippen LogP contribution in [0.3, 0.4) is 0 Å². The molecule has 26 heavy (non-hydrogen) atoms. The molecule has 3 aromatic rings. The quantitative estimate of drug-likeness (QED) is 0.742. The third-order valence-electron chi connectivity index (χ3n) is 4.60. The maximum atomic E-state index is 12.4. The molecule has 1 aliphatic rings. The molecular weight excluding hydrogens is 328 g/mol. The minimum absolute atomic E-state index is 0.0570. The first-order chi connectivity index (χ1) is 12.7. The summed E-state index contributed by atoms with van der Waals surface area (Å²) in [7, 11) is 0. The number of hydrogen-bond acceptors (Lipinski definition) is 4. The predicted octanol–water partition coefficient (Wildman–Crippen LogP) is 4.24. The van der Waals surface area contributed by atoms with E-state index >= 15 is 0 Å². The van der Waals surface area contributed by atoms with Crippen LogP contribution in [0.5, 0.6) is 0 Å². The molecule has 2 N–H and O–H groups in total. The number of fused-ring (bicyclic) bond motifs is 1. The van der Waals surface area contributed by atoms with E-state index in [1.807, 2.05) is 36.4 Å². The Bertz CT molecular complexity index is 918. The van der Waals surface area contributed by atoms with Crippen LogP contribution >= 0.6 is 0 Å². The van der Waals surface area contributed by atoms with Gasteiger partial charge in [-0.2, -0.15) is 4.98 Å². The van der Waals surface area contributed by atoms with Gasteiger partial charge in [0.05, 0.1) is 6.04 Å². The molecule has 0 fully saturated rings. The first-order valence-corrected chi connectivity index (χ1v) is 8.75. The van der Waals surface area contributed by atoms with E-state index in [0.29, 0.717) is 11.7 Å². The van der Waals surface area contributed by atoms with Gasteiger partial charge in [0.15, 0.2) is 0 Å². The van der Waals surface area contributed by atoms with Crippen molar-refractivity contribution in [1.82, 2.24) is 15.5 Å². The van der Waals surface area contributed by atoms with Gasteiger partial charge in [0.1, 0.15) is 0 Å². The Morgan fingerprint density at radius 3 is 2.73 bits per heavy atom. The fraction of sp³-hybridized carbons (Fsp3) is 0.250. The highest BCUT2D eigenvalue weighted by Gasteiger charge is 2.21. The lowest BCUT2D eigenvalue weighted by Crippen LogP contribution is -2.34. The number of anilines is 1. The molecule has 0 unspecified atom stereocenters. The molecule has 6 nitrogen and oxygen atoms in total. The zero-order chi connectivity index (χ0) is 17.9. The van der Waals surface area contributed by atoms with Crippen molar-refractivity contribution in [2.75, 3.05) is 5.32 Å². The van der Waals surface area contributed by atoms with Crippen LogP contribution in [0.15, 0.2) is 53.1 Å². The molecule has 0 saturated heterocycles. The number of nitrogens with zero attached hydrogens (tertiary/aromatic N) is 2. The van der Waals surface area contributed by atoms with Crippen molar-refractivity contribution in [3.8, 4) is 11.4 Å². The highest BCUT2D eigenvalue weighted by atomic mass is 16.5. The fourth-order valence-electron chi connectivity index (χ4n) is 3.35. The van der Waals surface area contributed by atoms with Gasteiger partial charge in [-0.1, -0.05) is 29.4 Å². The summed E-state index contributed by atoms with van der Waals surface area (Å²) in [4.78, 5) is 16.6. The lowest BCUT2D eigenvalue weighted by atomic mass is 9.88. The first-order valence-electron chi connectivity index (χ1n) is 8.75. The largest absolute Gasteiger partial charge is 0.339 e. The maximum absolute atomic E-state index is 12.4. The Balaban J connectivity index is 1.41. The molecular formula is C20H20N4O2. The van der Waals surface area contributed by atoms with Crippen molar-refractivity contribution in [3.63, 3.8) is 0 Å². The highest BCUT2D eigenvalue weighted by molar-refractivity contribution is 5.89. The van der Waals surface area contributed by atoms with E-state index in [2.05, 4.69) is 32.9 Å². The molecule has 0 spiro atoms. The van der Waals surface area contributed by atoms with Crippen molar-refractivity contribution in [3.05, 3.63) is 65.5 Å². The summed E-state index contributed by atoms with van der Waals surface area (Å²) in [5.41, 5.74) is 4.10. The predicted molar refractivity (Wildman–Crippen MR) is 98.7 cm³/mol. The Morgan fingerprint density at radius 2 is 1.96 bits per heavy atom. The SMILES string of the molecule is Cc1nc(-c2ccc(NC(=O)N[C@H]3CCCc4ccccc43)cc2)no1. The van der Waals surface area contributed by atoms with E-state index in [9.17, 15) is 4.79 Å². The van der Waals surface area contributed by atoms with Crippen molar-refractivity contribution in [2.24, 2.45) is 0 Å². The van der Waals surface area contributed by atoms with Gasteiger partial charge in [-0.15, -0.1) is 0 Å². The summed E-state index contributed by atoms with van der Waals surface area (Å²) < 4.78 is 4.99. The molecule has 0 radical (unpaired) electrons. The number of urea groups is 1. The van der Waals surface area contributed by atoms with Crippen LogP contribution in [0, 0.1) is 6.92 Å². The van der Waals surface area contributed by atoms with Gasteiger partial charge in [0.25, 0.3) is 0 Å². The summed E-state index contributed by atoms with van der Waals surface area (Å²) in [6.45, 7) is 1.75. The molecule has 2 aromatic carbocycles. The summed E-state index contributed by atoms with van der Waals surface area (Å²) >= 11 is 0. The van der Waals surface area contributed by atoms with Crippen molar-refractivity contribution >= 4 is 11.7 Å². The summed E-state index contributed by atoms with van der Waals surface area (Å²) in [5, 5.41) is 9.86. The minimum Gasteiger partial charge on any atom is -0.339 e. The van der Waals surface area contributed by atoms with Crippen molar-refractivity contribution in [1.29, 1.82) is 0 Å². The number of benzene rings is 2. The average molecular weight is 348 g/mol. The van der Waals surface area contributed by atoms with Crippen LogP contribution in [0.25, 0.3) is 11.4 Å². The monoisotopic (exact) mass is 348 g/mol. The van der Waals surface area contributed by atoms with Gasteiger partial charge < -0.3 is 15.2 Å². The molecule has 0 bridgehead atoms. The van der Waals surface area contributed by atoms with Gasteiger partial charge in [0.2, 0.25) is 11.7 Å². The van der Waals surface area contributed by atoms with Gasteiger partial charge >= 0.3 is 6.03 Å². The highest BCUT2D eigenvalue weighted by Crippen LogP contribution is 2.29. The van der Waals surface area contributed by atoms with Gasteiger partial charge in [-0.3, -0.25) is 0 Å². The number of amides is 2. The zero-order valence-electron chi connectivity index (χ0n) is 14.5. The molecule has 0 saturated carbocycles. The van der Waals surface area contributed by atoms with Crippen LogP contribution in [-0.2, 0) is 6.42 Å². The van der Waals surface area contributed by atoms with E-state index < -0.39 is 0 Å². The lowest BCUT2D eigenvalue weighted by Gasteiger charge is -2.26. The Labute approximate surface area is 151 Å². The second-order valence-corrected chi connectivity index (χ2v) is 6.46. The summed E-state index contributed by atoms with van der Waals surface area (Å²) in [6.07, 6.45) is 3.12. The Morgan fingerprint density at radius 1 is 1.15 bits per heavy atom. The lowest BCUT2D eigenvalue weighted by molar-refractivity contribution is 0.247. The molecule has 4 rings (SSSR count). The molecule has 1 heterocycles. The third kappa shape index (κ3) is 3.44. The molecule has 2 amide bonds. The van der Waals surface area contributed by atoms with E-state index in [1.54, 1.807) is 6.92 Å². The second-order valence-electron chi connectivity index (χ2n) is 6.46. The zero-order valence-corrected chi connectivity index (χ0v) is 14.5. The van der Waals surface area contributed by atoms with Crippen LogP contribution in [-0.4, -0.2) is 16.2 Å². The number of hydrogen-bond donors (Lipinski definition) is 2. The number of carbonyl (C=O) groups excluding carboxylic acids is 1. The van der Waals surface area contributed by atoms with Crippen molar-refractivity contribution in [2.45, 2.75) is 32.2 Å². The van der Waals surface area contributed by atoms with Gasteiger partial charge in [-0.05, 0) is 54.7 Å². The number of aromatic nitrogens is 2. The number of nitrogens with one attached hydrogen (secondary N) is 2.